The van der Waals surface area contributed by atoms with Crippen LogP contribution in [0.15, 0.2) is 60.2 Å². The largest absolute Gasteiger partial charge is 0.489 e. The molecule has 0 unspecified atom stereocenters. The Labute approximate surface area is 262 Å². The number of likely N-dealkylation sites (N-methyl/N-ethyl adjacent to an activating group) is 1. The minimum Gasteiger partial charge on any atom is -0.489 e. The summed E-state index contributed by atoms with van der Waals surface area (Å²) < 4.78 is 5.94. The fourth-order valence-electron chi connectivity index (χ4n) is 5.27. The number of rotatable bonds is 13. The van der Waals surface area contributed by atoms with E-state index >= 15 is 0 Å². The summed E-state index contributed by atoms with van der Waals surface area (Å²) in [7, 11) is 1.67. The Balaban J connectivity index is 2.25. The molecule has 0 saturated carbocycles. The summed E-state index contributed by atoms with van der Waals surface area (Å²) in [6, 6.07) is 14.1. The normalized spacial score (nSPS) is 14.6. The van der Waals surface area contributed by atoms with Crippen molar-refractivity contribution in [1.82, 2.24) is 10.2 Å². The number of carbonyl (C=O) groups is 3. The summed E-state index contributed by atoms with van der Waals surface area (Å²) in [4.78, 5) is 40.8. The highest BCUT2D eigenvalue weighted by Crippen LogP contribution is 2.36. The van der Waals surface area contributed by atoms with Gasteiger partial charge >= 0.3 is 5.97 Å². The lowest BCUT2D eigenvalue weighted by molar-refractivity contribution is -0.141. The van der Waals surface area contributed by atoms with Gasteiger partial charge in [0.05, 0.1) is 6.04 Å². The van der Waals surface area contributed by atoms with Crippen LogP contribution in [0.25, 0.3) is 0 Å². The fraction of sp³-hybridized carbons (Fsp3) is 0.514. The zero-order chi connectivity index (χ0) is 32.7. The molecule has 43 heavy (non-hydrogen) atoms. The molecule has 236 valence electrons. The average molecular weight is 613 g/mol. The molecule has 0 saturated heterocycles. The lowest BCUT2D eigenvalue weighted by Gasteiger charge is -2.39. The Morgan fingerprint density at radius 1 is 1.00 bits per heavy atom. The fourth-order valence-corrected chi connectivity index (χ4v) is 5.40. The van der Waals surface area contributed by atoms with Gasteiger partial charge in [-0.3, -0.25) is 9.59 Å². The van der Waals surface area contributed by atoms with E-state index in [9.17, 15) is 19.5 Å². The van der Waals surface area contributed by atoms with Gasteiger partial charge in [0, 0.05) is 29.0 Å². The van der Waals surface area contributed by atoms with Gasteiger partial charge in [-0.1, -0.05) is 97.3 Å². The number of halogens is 1. The molecule has 8 heteroatoms. The number of aliphatic carboxylic acids is 1. The number of nitrogens with zero attached hydrogens (tertiary/aromatic N) is 1. The molecule has 0 aliphatic carbocycles. The lowest BCUT2D eigenvalue weighted by atomic mass is 9.71. The molecular formula is C35H49ClN2O5. The first-order chi connectivity index (χ1) is 19.9. The van der Waals surface area contributed by atoms with Crippen molar-refractivity contribution in [2.45, 2.75) is 92.8 Å². The predicted octanol–water partition coefficient (Wildman–Crippen LogP) is 7.27. The van der Waals surface area contributed by atoms with Crippen molar-refractivity contribution in [2.24, 2.45) is 17.3 Å². The summed E-state index contributed by atoms with van der Waals surface area (Å²) >= 11 is 5.97. The lowest BCUT2D eigenvalue weighted by Crippen LogP contribution is -2.58. The third-order valence-electron chi connectivity index (χ3n) is 8.15. The molecule has 3 atom stereocenters. The van der Waals surface area contributed by atoms with Crippen molar-refractivity contribution in [2.75, 3.05) is 7.05 Å². The van der Waals surface area contributed by atoms with Gasteiger partial charge in [0.1, 0.15) is 18.4 Å². The smallest absolute Gasteiger partial charge is 0.331 e. The Morgan fingerprint density at radius 3 is 2.02 bits per heavy atom. The van der Waals surface area contributed by atoms with Crippen LogP contribution in [0, 0.1) is 17.3 Å². The number of ether oxygens (including phenoxy) is 1. The Kier molecular flexibility index (Phi) is 12.4. The van der Waals surface area contributed by atoms with Gasteiger partial charge < -0.3 is 20.1 Å². The Hall–Kier alpha value is -3.32. The van der Waals surface area contributed by atoms with Crippen LogP contribution < -0.4 is 10.1 Å². The summed E-state index contributed by atoms with van der Waals surface area (Å²) in [6.45, 7) is 17.6. The minimum atomic E-state index is -1.03. The first-order valence-electron chi connectivity index (χ1n) is 14.9. The number of hydrogen-bond donors (Lipinski definition) is 2. The third-order valence-corrected chi connectivity index (χ3v) is 8.40. The van der Waals surface area contributed by atoms with Gasteiger partial charge in [-0.05, 0) is 60.1 Å². The molecule has 0 bridgehead atoms. The number of nitrogens with one attached hydrogen (secondary N) is 1. The standard InChI is InChI=1S/C35H49ClN2O5/c1-11-28(35(8,9)25-14-18-27(19-15-25)43-21-24-12-16-26(36)17-13-24)31(39)37-30(34(5,6)7)32(40)38(10)29(22(2)3)20-23(4)33(41)42/h12-20,22,28-30H,11,21H2,1-10H3,(H,37,39)(H,41,42)/b23-20+/t28-,29-,30-/m1/s1. The van der Waals surface area contributed by atoms with E-state index in [1.807, 2.05) is 104 Å². The number of hydrogen-bond acceptors (Lipinski definition) is 4. The second kappa shape index (κ2) is 14.9. The molecule has 2 aromatic rings. The van der Waals surface area contributed by atoms with Crippen LogP contribution in [-0.2, 0) is 26.4 Å². The van der Waals surface area contributed by atoms with E-state index in [2.05, 4.69) is 5.32 Å². The molecule has 0 radical (unpaired) electrons. The Morgan fingerprint density at radius 2 is 1.56 bits per heavy atom. The summed E-state index contributed by atoms with van der Waals surface area (Å²) in [5, 5.41) is 13.2. The van der Waals surface area contributed by atoms with Crippen molar-refractivity contribution in [3.63, 3.8) is 0 Å². The van der Waals surface area contributed by atoms with Crippen LogP contribution in [0.3, 0.4) is 0 Å². The van der Waals surface area contributed by atoms with Crippen molar-refractivity contribution in [1.29, 1.82) is 0 Å². The maximum absolute atomic E-state index is 13.9. The molecule has 0 heterocycles. The zero-order valence-electron chi connectivity index (χ0n) is 27.3. The van der Waals surface area contributed by atoms with Crippen molar-refractivity contribution >= 4 is 29.4 Å². The quantitative estimate of drug-likeness (QED) is 0.232. The number of amides is 2. The highest BCUT2D eigenvalue weighted by atomic mass is 35.5. The summed E-state index contributed by atoms with van der Waals surface area (Å²) in [6.07, 6.45) is 2.18. The van der Waals surface area contributed by atoms with Crippen LogP contribution in [0.5, 0.6) is 5.75 Å². The van der Waals surface area contributed by atoms with Gasteiger partial charge in [0.15, 0.2) is 0 Å². The maximum atomic E-state index is 13.9. The maximum Gasteiger partial charge on any atom is 0.331 e. The van der Waals surface area contributed by atoms with Crippen LogP contribution in [-0.4, -0.2) is 46.9 Å². The SMILES string of the molecule is CC[C@H](C(=O)N[C@H](C(=O)N(C)[C@H](/C=C(\C)C(=O)O)C(C)C)C(C)(C)C)C(C)(C)c1ccc(OCc2ccc(Cl)cc2)cc1. The first-order valence-corrected chi connectivity index (χ1v) is 15.2. The molecule has 2 aromatic carbocycles. The van der Waals surface area contributed by atoms with E-state index < -0.39 is 34.8 Å². The average Bonchev–Trinajstić information content (AvgIpc) is 2.93. The number of carboxylic acids is 1. The molecule has 0 aromatic heterocycles. The number of benzene rings is 2. The highest BCUT2D eigenvalue weighted by molar-refractivity contribution is 6.30. The third kappa shape index (κ3) is 9.59. The number of carbonyl (C=O) groups excluding carboxylic acids is 2. The van der Waals surface area contributed by atoms with Gasteiger partial charge in [-0.25, -0.2) is 4.79 Å². The van der Waals surface area contributed by atoms with Crippen LogP contribution in [0.2, 0.25) is 5.02 Å². The topological polar surface area (TPSA) is 95.9 Å². The monoisotopic (exact) mass is 612 g/mol. The van der Waals surface area contributed by atoms with Gasteiger partial charge in [0.2, 0.25) is 11.8 Å². The van der Waals surface area contributed by atoms with E-state index in [1.165, 1.54) is 6.92 Å². The highest BCUT2D eigenvalue weighted by Gasteiger charge is 2.41. The molecule has 2 N–H and O–H groups in total. The number of carboxylic acid groups (broad SMARTS) is 1. The molecule has 7 nitrogen and oxygen atoms in total. The summed E-state index contributed by atoms with van der Waals surface area (Å²) in [5.74, 6) is -1.20. The summed E-state index contributed by atoms with van der Waals surface area (Å²) in [5.41, 5.74) is 1.05. The van der Waals surface area contributed by atoms with E-state index in [4.69, 9.17) is 16.3 Å². The second-order valence-corrected chi connectivity index (χ2v) is 13.7. The molecule has 2 amide bonds. The van der Waals surface area contributed by atoms with Crippen molar-refractivity contribution in [3.05, 3.63) is 76.3 Å². The zero-order valence-corrected chi connectivity index (χ0v) is 28.1. The molecule has 0 aliphatic rings. The molecular weight excluding hydrogens is 564 g/mol. The van der Waals surface area contributed by atoms with E-state index in [0.29, 0.717) is 18.1 Å². The van der Waals surface area contributed by atoms with Crippen molar-refractivity contribution < 1.29 is 24.2 Å². The second-order valence-electron chi connectivity index (χ2n) is 13.3. The van der Waals surface area contributed by atoms with Crippen LogP contribution in [0.4, 0.5) is 0 Å². The van der Waals surface area contributed by atoms with E-state index in [-0.39, 0.29) is 23.3 Å². The molecule has 2 rings (SSSR count). The van der Waals surface area contributed by atoms with Gasteiger partial charge in [-0.2, -0.15) is 0 Å². The van der Waals surface area contributed by atoms with Crippen LogP contribution in [0.1, 0.15) is 79.9 Å². The van der Waals surface area contributed by atoms with Gasteiger partial charge in [-0.15, -0.1) is 0 Å². The molecule has 0 spiro atoms. The first kappa shape index (κ1) is 35.9. The van der Waals surface area contributed by atoms with E-state index in [0.717, 1.165) is 16.9 Å². The Bertz CT molecular complexity index is 1280. The molecule has 0 fully saturated rings. The molecule has 0 aliphatic heterocycles. The predicted molar refractivity (Wildman–Crippen MR) is 173 cm³/mol. The van der Waals surface area contributed by atoms with Crippen molar-refractivity contribution in [3.8, 4) is 5.75 Å². The van der Waals surface area contributed by atoms with Crippen LogP contribution >= 0.6 is 11.6 Å². The minimum absolute atomic E-state index is 0.0277. The van der Waals surface area contributed by atoms with E-state index in [1.54, 1.807) is 18.0 Å². The van der Waals surface area contributed by atoms with Gasteiger partial charge in [0.25, 0.3) is 0 Å².